The fourth-order valence-electron chi connectivity index (χ4n) is 3.28. The zero-order chi connectivity index (χ0) is 16.6. The average molecular weight is 324 g/mol. The molecule has 0 amide bonds. The summed E-state index contributed by atoms with van der Waals surface area (Å²) < 4.78 is 5.96. The van der Waals surface area contributed by atoms with Crippen LogP contribution >= 0.6 is 0 Å². The van der Waals surface area contributed by atoms with Crippen molar-refractivity contribution in [3.63, 3.8) is 0 Å². The minimum atomic E-state index is 0.375. The van der Waals surface area contributed by atoms with E-state index in [-0.39, 0.29) is 0 Å². The van der Waals surface area contributed by atoms with Gasteiger partial charge in [0.2, 0.25) is 0 Å². The molecule has 1 aliphatic heterocycles. The SMILES string of the molecule is Cc1ccc(CCCN2CCO[C@H](CCc3ccccc3)C2)cn1. The molecule has 2 heterocycles. The maximum atomic E-state index is 5.96. The van der Waals surface area contributed by atoms with Crippen molar-refractivity contribution in [1.29, 1.82) is 0 Å². The van der Waals surface area contributed by atoms with Crippen LogP contribution in [0.15, 0.2) is 48.7 Å². The summed E-state index contributed by atoms with van der Waals surface area (Å²) in [6, 6.07) is 15.0. The van der Waals surface area contributed by atoms with E-state index in [1.54, 1.807) is 0 Å². The summed E-state index contributed by atoms with van der Waals surface area (Å²) >= 11 is 0. The lowest BCUT2D eigenvalue weighted by molar-refractivity contribution is -0.0319. The standard InChI is InChI=1S/C21H28N2O/c1-18-9-10-20(16-22-18)8-5-13-23-14-15-24-21(17-23)12-11-19-6-3-2-4-7-19/h2-4,6-7,9-10,16,21H,5,8,11-15,17H2,1H3/t21-/m1/s1. The minimum Gasteiger partial charge on any atom is -0.376 e. The van der Waals surface area contributed by atoms with Crippen molar-refractivity contribution in [1.82, 2.24) is 9.88 Å². The van der Waals surface area contributed by atoms with Crippen molar-refractivity contribution in [2.75, 3.05) is 26.2 Å². The summed E-state index contributed by atoms with van der Waals surface area (Å²) in [6.45, 7) is 6.19. The molecule has 1 saturated heterocycles. The molecular weight excluding hydrogens is 296 g/mol. The van der Waals surface area contributed by atoms with Crippen LogP contribution in [0.4, 0.5) is 0 Å². The first-order valence-corrected chi connectivity index (χ1v) is 9.09. The number of aryl methyl sites for hydroxylation is 3. The number of nitrogens with zero attached hydrogens (tertiary/aromatic N) is 2. The Kier molecular flexibility index (Phi) is 6.39. The van der Waals surface area contributed by atoms with E-state index >= 15 is 0 Å². The third-order valence-electron chi connectivity index (χ3n) is 4.73. The maximum Gasteiger partial charge on any atom is 0.0705 e. The first kappa shape index (κ1) is 17.1. The van der Waals surface area contributed by atoms with Crippen LogP contribution in [-0.2, 0) is 17.6 Å². The third-order valence-corrected chi connectivity index (χ3v) is 4.73. The lowest BCUT2D eigenvalue weighted by Crippen LogP contribution is -2.43. The molecule has 1 atom stereocenters. The van der Waals surface area contributed by atoms with Gasteiger partial charge in [0, 0.05) is 25.0 Å². The van der Waals surface area contributed by atoms with Crippen LogP contribution in [0.25, 0.3) is 0 Å². The van der Waals surface area contributed by atoms with Crippen molar-refractivity contribution in [2.45, 2.75) is 38.7 Å². The summed E-state index contributed by atoms with van der Waals surface area (Å²) in [7, 11) is 0. The van der Waals surface area contributed by atoms with E-state index in [9.17, 15) is 0 Å². The molecule has 0 N–H and O–H groups in total. The first-order valence-electron chi connectivity index (χ1n) is 9.09. The highest BCUT2D eigenvalue weighted by Gasteiger charge is 2.19. The molecule has 0 radical (unpaired) electrons. The van der Waals surface area contributed by atoms with E-state index in [0.29, 0.717) is 6.10 Å². The second-order valence-corrected chi connectivity index (χ2v) is 6.73. The number of pyridine rings is 1. The molecule has 128 valence electrons. The van der Waals surface area contributed by atoms with Gasteiger partial charge in [0.05, 0.1) is 12.7 Å². The molecule has 0 saturated carbocycles. The van der Waals surface area contributed by atoms with Crippen molar-refractivity contribution < 1.29 is 4.74 Å². The van der Waals surface area contributed by atoms with Crippen molar-refractivity contribution in [3.8, 4) is 0 Å². The molecule has 0 unspecified atom stereocenters. The molecule has 3 heteroatoms. The van der Waals surface area contributed by atoms with E-state index < -0.39 is 0 Å². The monoisotopic (exact) mass is 324 g/mol. The number of hydrogen-bond acceptors (Lipinski definition) is 3. The van der Waals surface area contributed by atoms with Crippen LogP contribution in [0, 0.1) is 6.92 Å². The van der Waals surface area contributed by atoms with Crippen LogP contribution in [0.2, 0.25) is 0 Å². The Morgan fingerprint density at radius 1 is 1.08 bits per heavy atom. The number of morpholine rings is 1. The molecule has 1 aromatic heterocycles. The molecule has 1 aliphatic rings. The molecule has 1 fully saturated rings. The lowest BCUT2D eigenvalue weighted by atomic mass is 10.1. The highest BCUT2D eigenvalue weighted by atomic mass is 16.5. The largest absolute Gasteiger partial charge is 0.376 e. The Labute approximate surface area is 145 Å². The molecule has 3 rings (SSSR count). The van der Waals surface area contributed by atoms with Gasteiger partial charge >= 0.3 is 0 Å². The summed E-state index contributed by atoms with van der Waals surface area (Å²) in [5, 5.41) is 0. The molecule has 3 nitrogen and oxygen atoms in total. The quantitative estimate of drug-likeness (QED) is 0.777. The number of benzene rings is 1. The van der Waals surface area contributed by atoms with E-state index in [0.717, 1.165) is 51.2 Å². The minimum absolute atomic E-state index is 0.375. The van der Waals surface area contributed by atoms with Crippen molar-refractivity contribution in [2.24, 2.45) is 0 Å². The van der Waals surface area contributed by atoms with Gasteiger partial charge in [-0.25, -0.2) is 0 Å². The second kappa shape index (κ2) is 8.95. The van der Waals surface area contributed by atoms with E-state index in [4.69, 9.17) is 4.74 Å². The Morgan fingerprint density at radius 2 is 1.96 bits per heavy atom. The molecule has 2 aromatic rings. The van der Waals surface area contributed by atoms with Crippen molar-refractivity contribution >= 4 is 0 Å². The summed E-state index contributed by atoms with van der Waals surface area (Å²) in [6.07, 6.45) is 6.91. The fraction of sp³-hybridized carbons (Fsp3) is 0.476. The highest BCUT2D eigenvalue weighted by Crippen LogP contribution is 2.13. The van der Waals surface area contributed by atoms with Gasteiger partial charge in [0.15, 0.2) is 0 Å². The van der Waals surface area contributed by atoms with Crippen LogP contribution < -0.4 is 0 Å². The van der Waals surface area contributed by atoms with E-state index in [1.807, 2.05) is 13.1 Å². The van der Waals surface area contributed by atoms with Crippen LogP contribution in [0.3, 0.4) is 0 Å². The van der Waals surface area contributed by atoms with Crippen LogP contribution in [0.5, 0.6) is 0 Å². The van der Waals surface area contributed by atoms with Gasteiger partial charge in [0.25, 0.3) is 0 Å². The van der Waals surface area contributed by atoms with Gasteiger partial charge in [-0.15, -0.1) is 0 Å². The zero-order valence-corrected chi connectivity index (χ0v) is 14.7. The van der Waals surface area contributed by atoms with Gasteiger partial charge in [-0.05, 0) is 56.3 Å². The number of rotatable bonds is 7. The third kappa shape index (κ3) is 5.43. The normalized spacial score (nSPS) is 18.6. The van der Waals surface area contributed by atoms with E-state index in [1.165, 1.54) is 17.5 Å². The lowest BCUT2D eigenvalue weighted by Gasteiger charge is -2.33. The van der Waals surface area contributed by atoms with Gasteiger partial charge < -0.3 is 4.74 Å². The Morgan fingerprint density at radius 3 is 2.75 bits per heavy atom. The second-order valence-electron chi connectivity index (χ2n) is 6.73. The Balaban J connectivity index is 1.38. The first-order chi connectivity index (χ1) is 11.8. The molecular formula is C21H28N2O. The topological polar surface area (TPSA) is 25.4 Å². The Hall–Kier alpha value is -1.71. The Bertz CT molecular complexity index is 597. The molecule has 1 aromatic carbocycles. The number of aromatic nitrogens is 1. The average Bonchev–Trinajstić information content (AvgIpc) is 2.63. The molecule has 0 spiro atoms. The highest BCUT2D eigenvalue weighted by molar-refractivity contribution is 5.15. The van der Waals surface area contributed by atoms with Crippen LogP contribution in [-0.4, -0.2) is 42.2 Å². The molecule has 0 bridgehead atoms. The van der Waals surface area contributed by atoms with E-state index in [2.05, 4.69) is 52.3 Å². The number of ether oxygens (including phenoxy) is 1. The maximum absolute atomic E-state index is 5.96. The summed E-state index contributed by atoms with van der Waals surface area (Å²) in [5.74, 6) is 0. The predicted molar refractivity (Wildman–Crippen MR) is 98.2 cm³/mol. The molecule has 24 heavy (non-hydrogen) atoms. The molecule has 0 aliphatic carbocycles. The van der Waals surface area contributed by atoms with Crippen LogP contribution in [0.1, 0.15) is 29.7 Å². The van der Waals surface area contributed by atoms with Gasteiger partial charge in [0.1, 0.15) is 0 Å². The van der Waals surface area contributed by atoms with Gasteiger partial charge in [-0.3, -0.25) is 9.88 Å². The zero-order valence-electron chi connectivity index (χ0n) is 14.7. The summed E-state index contributed by atoms with van der Waals surface area (Å²) in [5.41, 5.74) is 3.84. The van der Waals surface area contributed by atoms with Crippen molar-refractivity contribution in [3.05, 3.63) is 65.5 Å². The van der Waals surface area contributed by atoms with Gasteiger partial charge in [-0.2, -0.15) is 0 Å². The predicted octanol–water partition coefficient (Wildman–Crippen LogP) is 3.66. The fourth-order valence-corrected chi connectivity index (χ4v) is 3.28. The summed E-state index contributed by atoms with van der Waals surface area (Å²) in [4.78, 5) is 6.93. The van der Waals surface area contributed by atoms with Gasteiger partial charge in [-0.1, -0.05) is 36.4 Å². The smallest absolute Gasteiger partial charge is 0.0705 e. The number of hydrogen-bond donors (Lipinski definition) is 0.